The van der Waals surface area contributed by atoms with E-state index in [9.17, 15) is 8.42 Å². The maximum Gasteiger partial charge on any atom is 0.243 e. The van der Waals surface area contributed by atoms with E-state index in [4.69, 9.17) is 4.74 Å². The molecule has 0 saturated carbocycles. The Labute approximate surface area is 115 Å². The second-order valence-corrected chi connectivity index (χ2v) is 7.59. The van der Waals surface area contributed by atoms with E-state index in [1.54, 1.807) is 28.6 Å². The molecule has 0 aromatic heterocycles. The van der Waals surface area contributed by atoms with E-state index in [1.807, 2.05) is 0 Å². The van der Waals surface area contributed by atoms with Crippen molar-refractivity contribution in [3.63, 3.8) is 0 Å². The van der Waals surface area contributed by atoms with Gasteiger partial charge in [0.2, 0.25) is 10.0 Å². The normalized spacial score (nSPS) is 28.5. The van der Waals surface area contributed by atoms with Gasteiger partial charge in [-0.05, 0) is 37.1 Å². The number of sulfonamides is 1. The highest BCUT2D eigenvalue weighted by Gasteiger charge is 2.39. The van der Waals surface area contributed by atoms with Crippen molar-refractivity contribution in [2.75, 3.05) is 13.1 Å². The Morgan fingerprint density at radius 3 is 2.22 bits per heavy atom. The summed E-state index contributed by atoms with van der Waals surface area (Å²) in [5.74, 6) is 0. The van der Waals surface area contributed by atoms with Gasteiger partial charge in [0.05, 0.1) is 17.1 Å². The number of fused-ring (bicyclic) bond motifs is 2. The molecule has 2 aliphatic rings. The van der Waals surface area contributed by atoms with Crippen LogP contribution in [0.15, 0.2) is 33.6 Å². The van der Waals surface area contributed by atoms with E-state index in [1.165, 1.54) is 0 Å². The molecule has 2 atom stereocenters. The second-order valence-electron chi connectivity index (χ2n) is 4.73. The van der Waals surface area contributed by atoms with Crippen molar-refractivity contribution in [2.45, 2.75) is 29.9 Å². The van der Waals surface area contributed by atoms with Crippen molar-refractivity contribution in [3.05, 3.63) is 28.7 Å². The molecule has 1 aromatic carbocycles. The fraction of sp³-hybridized carbons (Fsp3) is 0.500. The van der Waals surface area contributed by atoms with Crippen LogP contribution >= 0.6 is 15.9 Å². The monoisotopic (exact) mass is 331 g/mol. The van der Waals surface area contributed by atoms with Crippen LogP contribution in [0.5, 0.6) is 0 Å². The molecule has 0 spiro atoms. The van der Waals surface area contributed by atoms with Gasteiger partial charge in [0.1, 0.15) is 0 Å². The van der Waals surface area contributed by atoms with Crippen molar-refractivity contribution in [2.24, 2.45) is 0 Å². The molecular formula is C12H14BrNO3S. The van der Waals surface area contributed by atoms with Crippen LogP contribution in [0.3, 0.4) is 0 Å². The van der Waals surface area contributed by atoms with Gasteiger partial charge in [-0.15, -0.1) is 0 Å². The van der Waals surface area contributed by atoms with Crippen LogP contribution in [-0.2, 0) is 14.8 Å². The molecule has 6 heteroatoms. The van der Waals surface area contributed by atoms with Crippen LogP contribution in [0.2, 0.25) is 0 Å². The maximum atomic E-state index is 12.5. The molecule has 1 aromatic rings. The van der Waals surface area contributed by atoms with E-state index in [2.05, 4.69) is 15.9 Å². The van der Waals surface area contributed by atoms with Crippen molar-refractivity contribution in [3.8, 4) is 0 Å². The molecule has 98 valence electrons. The number of rotatable bonds is 2. The SMILES string of the molecule is O=S(=O)(c1ccc(Br)cc1)N1CC2CCC(C1)O2. The van der Waals surface area contributed by atoms with Gasteiger partial charge >= 0.3 is 0 Å². The Hall–Kier alpha value is -0.430. The maximum absolute atomic E-state index is 12.5. The summed E-state index contributed by atoms with van der Waals surface area (Å²) >= 11 is 3.31. The van der Waals surface area contributed by atoms with Gasteiger partial charge in [0.25, 0.3) is 0 Å². The summed E-state index contributed by atoms with van der Waals surface area (Å²) in [6.45, 7) is 0.962. The summed E-state index contributed by atoms with van der Waals surface area (Å²) in [6, 6.07) is 6.78. The molecule has 3 rings (SSSR count). The zero-order chi connectivity index (χ0) is 12.8. The zero-order valence-electron chi connectivity index (χ0n) is 9.75. The van der Waals surface area contributed by atoms with Gasteiger partial charge < -0.3 is 4.74 Å². The van der Waals surface area contributed by atoms with Crippen LogP contribution in [-0.4, -0.2) is 38.0 Å². The van der Waals surface area contributed by atoms with Gasteiger partial charge in [-0.3, -0.25) is 0 Å². The van der Waals surface area contributed by atoms with Crippen LogP contribution < -0.4 is 0 Å². The van der Waals surface area contributed by atoms with Gasteiger partial charge in [-0.1, -0.05) is 15.9 Å². The number of hydrogen-bond acceptors (Lipinski definition) is 3. The Bertz CT molecular complexity index is 531. The summed E-state index contributed by atoms with van der Waals surface area (Å²) in [7, 11) is -3.37. The molecule has 18 heavy (non-hydrogen) atoms. The van der Waals surface area contributed by atoms with Crippen LogP contribution in [0.4, 0.5) is 0 Å². The highest BCUT2D eigenvalue weighted by Crippen LogP contribution is 2.30. The predicted molar refractivity (Wildman–Crippen MR) is 70.8 cm³/mol. The molecule has 2 fully saturated rings. The van der Waals surface area contributed by atoms with E-state index >= 15 is 0 Å². The topological polar surface area (TPSA) is 46.6 Å². The number of hydrogen-bond donors (Lipinski definition) is 0. The largest absolute Gasteiger partial charge is 0.372 e. The lowest BCUT2D eigenvalue weighted by molar-refractivity contribution is -0.0114. The summed E-state index contributed by atoms with van der Waals surface area (Å²) in [4.78, 5) is 0.354. The smallest absolute Gasteiger partial charge is 0.243 e. The Balaban J connectivity index is 1.88. The third-order valence-corrected chi connectivity index (χ3v) is 5.84. The van der Waals surface area contributed by atoms with Gasteiger partial charge in [0.15, 0.2) is 0 Å². The van der Waals surface area contributed by atoms with E-state index in [-0.39, 0.29) is 12.2 Å². The standard InChI is InChI=1S/C12H14BrNO3S/c13-9-1-5-12(6-2-9)18(15,16)14-7-10-3-4-11(8-14)17-10/h1-2,5-6,10-11H,3-4,7-8H2. The minimum Gasteiger partial charge on any atom is -0.372 e. The first-order valence-corrected chi connectivity index (χ1v) is 8.20. The minimum atomic E-state index is -3.37. The summed E-state index contributed by atoms with van der Waals surface area (Å²) < 4.78 is 33.0. The average molecular weight is 332 g/mol. The Morgan fingerprint density at radius 2 is 1.67 bits per heavy atom. The molecule has 2 aliphatic heterocycles. The van der Waals surface area contributed by atoms with Crippen LogP contribution in [0.25, 0.3) is 0 Å². The second kappa shape index (κ2) is 4.59. The molecule has 2 heterocycles. The van der Waals surface area contributed by atoms with E-state index in [0.717, 1.165) is 17.3 Å². The first-order valence-electron chi connectivity index (χ1n) is 5.97. The minimum absolute atomic E-state index is 0.0778. The van der Waals surface area contributed by atoms with Crippen molar-refractivity contribution < 1.29 is 13.2 Å². The quantitative estimate of drug-likeness (QED) is 0.832. The molecule has 2 saturated heterocycles. The van der Waals surface area contributed by atoms with Crippen molar-refractivity contribution in [1.82, 2.24) is 4.31 Å². The number of halogens is 1. The van der Waals surface area contributed by atoms with E-state index in [0.29, 0.717) is 18.0 Å². The molecule has 0 amide bonds. The van der Waals surface area contributed by atoms with Crippen LogP contribution in [0, 0.1) is 0 Å². The van der Waals surface area contributed by atoms with Crippen molar-refractivity contribution in [1.29, 1.82) is 0 Å². The first-order chi connectivity index (χ1) is 8.55. The summed E-state index contributed by atoms with van der Waals surface area (Å²) in [5, 5.41) is 0. The van der Waals surface area contributed by atoms with Crippen LogP contribution in [0.1, 0.15) is 12.8 Å². The molecule has 4 nitrogen and oxygen atoms in total. The molecule has 0 N–H and O–H groups in total. The lowest BCUT2D eigenvalue weighted by Crippen LogP contribution is -2.45. The summed E-state index contributed by atoms with van der Waals surface area (Å²) in [6.07, 6.45) is 2.09. The number of benzene rings is 1. The lowest BCUT2D eigenvalue weighted by Gasteiger charge is -2.31. The van der Waals surface area contributed by atoms with Gasteiger partial charge in [0, 0.05) is 17.6 Å². The number of nitrogens with zero attached hydrogens (tertiary/aromatic N) is 1. The fourth-order valence-corrected chi connectivity index (χ4v) is 4.30. The Morgan fingerprint density at radius 1 is 1.11 bits per heavy atom. The van der Waals surface area contributed by atoms with E-state index < -0.39 is 10.0 Å². The molecular weight excluding hydrogens is 318 g/mol. The van der Waals surface area contributed by atoms with Crippen molar-refractivity contribution >= 4 is 26.0 Å². The fourth-order valence-electron chi connectivity index (χ4n) is 2.53. The molecule has 0 aliphatic carbocycles. The molecule has 0 radical (unpaired) electrons. The average Bonchev–Trinajstić information content (AvgIpc) is 2.68. The molecule has 2 bridgehead atoms. The number of morpholine rings is 1. The number of ether oxygens (including phenoxy) is 1. The third-order valence-electron chi connectivity index (χ3n) is 3.46. The lowest BCUT2D eigenvalue weighted by atomic mass is 10.2. The highest BCUT2D eigenvalue weighted by molar-refractivity contribution is 9.10. The predicted octanol–water partition coefficient (Wildman–Crippen LogP) is 2.00. The third kappa shape index (κ3) is 2.22. The first kappa shape index (κ1) is 12.6. The molecule has 2 unspecified atom stereocenters. The van der Waals surface area contributed by atoms with Gasteiger partial charge in [-0.2, -0.15) is 4.31 Å². The van der Waals surface area contributed by atoms with Gasteiger partial charge in [-0.25, -0.2) is 8.42 Å². The highest BCUT2D eigenvalue weighted by atomic mass is 79.9. The zero-order valence-corrected chi connectivity index (χ0v) is 12.2. The summed E-state index contributed by atoms with van der Waals surface area (Å²) in [5.41, 5.74) is 0. The Kier molecular flexibility index (Phi) is 3.21.